The van der Waals surface area contributed by atoms with Gasteiger partial charge in [0, 0.05) is 6.04 Å². The zero-order valence-corrected chi connectivity index (χ0v) is 9.76. The van der Waals surface area contributed by atoms with Gasteiger partial charge in [0.1, 0.15) is 6.04 Å². The lowest BCUT2D eigenvalue weighted by Gasteiger charge is -2.18. The molecule has 5 atom stereocenters. The van der Waals surface area contributed by atoms with Crippen molar-refractivity contribution in [2.24, 2.45) is 17.8 Å². The Kier molecular flexibility index (Phi) is 2.86. The van der Waals surface area contributed by atoms with Crippen LogP contribution < -0.4 is 10.6 Å². The SMILES string of the molecule is FC(F)(F)[C@@H]1CCC(C2CC2C2CCNC2)N1. The van der Waals surface area contributed by atoms with Crippen LogP contribution in [0.1, 0.15) is 25.7 Å². The highest BCUT2D eigenvalue weighted by Crippen LogP contribution is 2.50. The van der Waals surface area contributed by atoms with E-state index in [0.717, 1.165) is 19.5 Å². The van der Waals surface area contributed by atoms with Crippen molar-refractivity contribution in [3.8, 4) is 0 Å². The van der Waals surface area contributed by atoms with Crippen LogP contribution in [0.2, 0.25) is 0 Å². The normalized spacial score (nSPS) is 46.4. The van der Waals surface area contributed by atoms with Crippen LogP contribution in [-0.4, -0.2) is 31.3 Å². The van der Waals surface area contributed by atoms with E-state index in [1.54, 1.807) is 0 Å². The van der Waals surface area contributed by atoms with E-state index in [1.165, 1.54) is 6.42 Å². The maximum atomic E-state index is 12.5. The van der Waals surface area contributed by atoms with Gasteiger partial charge < -0.3 is 10.6 Å². The third-order valence-corrected chi connectivity index (χ3v) is 4.69. The zero-order chi connectivity index (χ0) is 12.0. The van der Waals surface area contributed by atoms with Gasteiger partial charge in [-0.2, -0.15) is 13.2 Å². The van der Waals surface area contributed by atoms with Crippen LogP contribution in [0.25, 0.3) is 0 Å². The molecule has 2 aliphatic heterocycles. The van der Waals surface area contributed by atoms with E-state index >= 15 is 0 Å². The van der Waals surface area contributed by atoms with Crippen molar-refractivity contribution in [1.82, 2.24) is 10.6 Å². The Hall–Kier alpha value is -0.290. The summed E-state index contributed by atoms with van der Waals surface area (Å²) in [4.78, 5) is 0. The third-order valence-electron chi connectivity index (χ3n) is 4.69. The topological polar surface area (TPSA) is 24.1 Å². The molecule has 0 spiro atoms. The van der Waals surface area contributed by atoms with E-state index in [0.29, 0.717) is 24.2 Å². The van der Waals surface area contributed by atoms with Gasteiger partial charge in [-0.1, -0.05) is 0 Å². The van der Waals surface area contributed by atoms with E-state index in [2.05, 4.69) is 10.6 Å². The van der Waals surface area contributed by atoms with Crippen molar-refractivity contribution in [1.29, 1.82) is 0 Å². The van der Waals surface area contributed by atoms with Crippen LogP contribution in [0.5, 0.6) is 0 Å². The molecule has 2 nitrogen and oxygen atoms in total. The molecule has 2 saturated heterocycles. The Morgan fingerprint density at radius 3 is 2.41 bits per heavy atom. The largest absolute Gasteiger partial charge is 0.403 e. The highest BCUT2D eigenvalue weighted by molar-refractivity contribution is 5.03. The molecule has 3 aliphatic rings. The summed E-state index contributed by atoms with van der Waals surface area (Å²) in [5.74, 6) is 1.90. The second kappa shape index (κ2) is 4.12. The van der Waals surface area contributed by atoms with Gasteiger partial charge in [-0.15, -0.1) is 0 Å². The van der Waals surface area contributed by atoms with E-state index in [1.807, 2.05) is 0 Å². The Morgan fingerprint density at radius 2 is 1.82 bits per heavy atom. The first-order valence-corrected chi connectivity index (χ1v) is 6.59. The van der Waals surface area contributed by atoms with Crippen molar-refractivity contribution in [3.63, 3.8) is 0 Å². The molecule has 0 amide bonds. The minimum atomic E-state index is -4.06. The highest BCUT2D eigenvalue weighted by Gasteiger charge is 2.52. The van der Waals surface area contributed by atoms with Crippen molar-refractivity contribution < 1.29 is 13.2 Å². The monoisotopic (exact) mass is 248 g/mol. The number of rotatable bonds is 2. The summed E-state index contributed by atoms with van der Waals surface area (Å²) in [5, 5.41) is 6.14. The predicted octanol–water partition coefficient (Wildman–Crippen LogP) is 1.91. The molecular weight excluding hydrogens is 229 g/mol. The molecule has 17 heavy (non-hydrogen) atoms. The molecule has 5 heteroatoms. The quantitative estimate of drug-likeness (QED) is 0.780. The molecule has 0 bridgehead atoms. The van der Waals surface area contributed by atoms with Gasteiger partial charge in [-0.05, 0) is 56.5 Å². The predicted molar refractivity (Wildman–Crippen MR) is 58.6 cm³/mol. The molecule has 1 aliphatic carbocycles. The number of nitrogens with one attached hydrogen (secondary N) is 2. The Bertz CT molecular complexity index is 286. The minimum absolute atomic E-state index is 0.118. The van der Waals surface area contributed by atoms with E-state index in [9.17, 15) is 13.2 Å². The van der Waals surface area contributed by atoms with E-state index in [-0.39, 0.29) is 12.5 Å². The third kappa shape index (κ3) is 2.32. The lowest BCUT2D eigenvalue weighted by molar-refractivity contribution is -0.152. The molecule has 0 aromatic heterocycles. The van der Waals surface area contributed by atoms with Gasteiger partial charge in [-0.25, -0.2) is 0 Å². The molecule has 0 aromatic carbocycles. The van der Waals surface area contributed by atoms with Gasteiger partial charge in [0.05, 0.1) is 0 Å². The molecule has 1 saturated carbocycles. The first-order valence-electron chi connectivity index (χ1n) is 6.59. The molecule has 2 heterocycles. The standard InChI is InChI=1S/C12H19F3N2/c13-12(14,15)11-2-1-10(17-11)9-5-8(9)7-3-4-16-6-7/h7-11,16-17H,1-6H2/t7?,8?,9?,10?,11-/m0/s1. The minimum Gasteiger partial charge on any atom is -0.316 e. The lowest BCUT2D eigenvalue weighted by Crippen LogP contribution is -2.41. The molecule has 0 aromatic rings. The number of hydrogen-bond acceptors (Lipinski definition) is 2. The second-order valence-electron chi connectivity index (χ2n) is 5.76. The second-order valence-corrected chi connectivity index (χ2v) is 5.76. The fourth-order valence-corrected chi connectivity index (χ4v) is 3.65. The highest BCUT2D eigenvalue weighted by atomic mass is 19.4. The van der Waals surface area contributed by atoms with Crippen LogP contribution >= 0.6 is 0 Å². The average Bonchev–Trinajstić information content (AvgIpc) is 2.73. The number of hydrogen-bond donors (Lipinski definition) is 2. The molecule has 98 valence electrons. The fraction of sp³-hybridized carbons (Fsp3) is 1.00. The smallest absolute Gasteiger partial charge is 0.316 e. The van der Waals surface area contributed by atoms with Crippen LogP contribution in [0.15, 0.2) is 0 Å². The molecule has 0 radical (unpaired) electrons. The summed E-state index contributed by atoms with van der Waals surface area (Å²) >= 11 is 0. The van der Waals surface area contributed by atoms with Gasteiger partial charge in [0.15, 0.2) is 0 Å². The van der Waals surface area contributed by atoms with Crippen LogP contribution in [0, 0.1) is 17.8 Å². The molecule has 3 fully saturated rings. The summed E-state index contributed by atoms with van der Waals surface area (Å²) in [6.07, 6.45) is -0.759. The Labute approximate surface area is 99.3 Å². The van der Waals surface area contributed by atoms with E-state index in [4.69, 9.17) is 0 Å². The fourth-order valence-electron chi connectivity index (χ4n) is 3.65. The Balaban J connectivity index is 1.51. The summed E-state index contributed by atoms with van der Waals surface area (Å²) in [6.45, 7) is 2.15. The molecular formula is C12H19F3N2. The van der Waals surface area contributed by atoms with Gasteiger partial charge in [0.2, 0.25) is 0 Å². The van der Waals surface area contributed by atoms with Gasteiger partial charge >= 0.3 is 6.18 Å². The summed E-state index contributed by atoms with van der Waals surface area (Å²) in [5.41, 5.74) is 0. The number of halogens is 3. The summed E-state index contributed by atoms with van der Waals surface area (Å²) in [6, 6.07) is -1.14. The van der Waals surface area contributed by atoms with Crippen molar-refractivity contribution in [3.05, 3.63) is 0 Å². The zero-order valence-electron chi connectivity index (χ0n) is 9.76. The average molecular weight is 248 g/mol. The number of alkyl halides is 3. The van der Waals surface area contributed by atoms with Crippen LogP contribution in [0.4, 0.5) is 13.2 Å². The Morgan fingerprint density at radius 1 is 1.00 bits per heavy atom. The molecule has 2 N–H and O–H groups in total. The van der Waals surface area contributed by atoms with Crippen molar-refractivity contribution in [2.45, 2.75) is 43.9 Å². The summed E-state index contributed by atoms with van der Waals surface area (Å²) < 4.78 is 37.6. The molecule has 3 rings (SSSR count). The maximum Gasteiger partial charge on any atom is 0.403 e. The first kappa shape index (κ1) is 11.8. The van der Waals surface area contributed by atoms with E-state index < -0.39 is 12.2 Å². The van der Waals surface area contributed by atoms with Crippen molar-refractivity contribution >= 4 is 0 Å². The lowest BCUT2D eigenvalue weighted by atomic mass is 9.98. The van der Waals surface area contributed by atoms with Gasteiger partial charge in [-0.3, -0.25) is 0 Å². The van der Waals surface area contributed by atoms with Crippen molar-refractivity contribution in [2.75, 3.05) is 13.1 Å². The maximum absolute atomic E-state index is 12.5. The first-order chi connectivity index (χ1) is 8.05. The summed E-state index contributed by atoms with van der Waals surface area (Å²) in [7, 11) is 0. The van der Waals surface area contributed by atoms with Crippen LogP contribution in [-0.2, 0) is 0 Å². The van der Waals surface area contributed by atoms with Crippen LogP contribution in [0.3, 0.4) is 0 Å². The molecule has 4 unspecified atom stereocenters. The van der Waals surface area contributed by atoms with Gasteiger partial charge in [0.25, 0.3) is 0 Å².